The summed E-state index contributed by atoms with van der Waals surface area (Å²) in [6, 6.07) is 0. The van der Waals surface area contributed by atoms with Crippen molar-refractivity contribution in [2.75, 3.05) is 0 Å². The SMILES string of the molecule is [N].c1cn2nncc2cn1. The number of nitrogens with zero attached hydrogens (tertiary/aromatic N) is 5. The standard InChI is InChI=1S/C5H4N4.N/c1-2-9-5(3-6-1)4-7-8-9;/h1-4H;. The molecule has 0 amide bonds. The molecule has 0 aliphatic carbocycles. The molecule has 0 aliphatic heterocycles. The van der Waals surface area contributed by atoms with E-state index in [0.717, 1.165) is 5.52 Å². The first kappa shape index (κ1) is 6.63. The van der Waals surface area contributed by atoms with Crippen LogP contribution >= 0.6 is 0 Å². The van der Waals surface area contributed by atoms with Gasteiger partial charge in [0.25, 0.3) is 0 Å². The van der Waals surface area contributed by atoms with Crippen molar-refractivity contribution < 1.29 is 0 Å². The highest BCUT2D eigenvalue weighted by Crippen LogP contribution is 1.92. The number of rotatable bonds is 0. The molecule has 2 heterocycles. The summed E-state index contributed by atoms with van der Waals surface area (Å²) in [6.45, 7) is 0. The van der Waals surface area contributed by atoms with Crippen LogP contribution in [0.2, 0.25) is 0 Å². The van der Waals surface area contributed by atoms with E-state index in [1.54, 1.807) is 29.3 Å². The van der Waals surface area contributed by atoms with Gasteiger partial charge in [-0.1, -0.05) is 5.21 Å². The number of hydrogen-bond donors (Lipinski definition) is 0. The average Bonchev–Trinajstić information content (AvgIpc) is 2.33. The summed E-state index contributed by atoms with van der Waals surface area (Å²) >= 11 is 0. The van der Waals surface area contributed by atoms with Crippen molar-refractivity contribution in [2.45, 2.75) is 0 Å². The van der Waals surface area contributed by atoms with Crippen LogP contribution < -0.4 is 6.15 Å². The minimum Gasteiger partial charge on any atom is -0.261 e. The summed E-state index contributed by atoms with van der Waals surface area (Å²) < 4.78 is 1.66. The Bertz CT molecular complexity index is 284. The molecule has 3 radical (unpaired) electrons. The monoisotopic (exact) mass is 134 g/mol. The van der Waals surface area contributed by atoms with E-state index in [1.165, 1.54) is 0 Å². The summed E-state index contributed by atoms with van der Waals surface area (Å²) in [7, 11) is 0. The molecule has 10 heavy (non-hydrogen) atoms. The number of hydrogen-bond acceptors (Lipinski definition) is 3. The van der Waals surface area contributed by atoms with Gasteiger partial charge in [-0.15, -0.1) is 5.10 Å². The van der Waals surface area contributed by atoms with E-state index in [4.69, 9.17) is 0 Å². The highest BCUT2D eigenvalue weighted by Gasteiger charge is 1.88. The molecule has 49 valence electrons. The molecule has 0 N–H and O–H groups in total. The highest BCUT2D eigenvalue weighted by atomic mass is 15.4. The van der Waals surface area contributed by atoms with Crippen molar-refractivity contribution in [3.05, 3.63) is 24.8 Å². The first-order chi connectivity index (χ1) is 4.47. The van der Waals surface area contributed by atoms with E-state index in [0.29, 0.717) is 0 Å². The molecule has 0 saturated carbocycles. The smallest absolute Gasteiger partial charge is 0.105 e. The van der Waals surface area contributed by atoms with Gasteiger partial charge in [-0.3, -0.25) is 4.98 Å². The second-order valence-corrected chi connectivity index (χ2v) is 1.68. The van der Waals surface area contributed by atoms with Crippen molar-refractivity contribution in [1.29, 1.82) is 0 Å². The van der Waals surface area contributed by atoms with Crippen LogP contribution in [0.25, 0.3) is 5.52 Å². The summed E-state index contributed by atoms with van der Waals surface area (Å²) in [4.78, 5) is 3.88. The lowest BCUT2D eigenvalue weighted by Crippen LogP contribution is -1.85. The van der Waals surface area contributed by atoms with Gasteiger partial charge in [-0.2, -0.15) is 0 Å². The zero-order valence-electron chi connectivity index (χ0n) is 5.05. The molecular weight excluding hydrogens is 130 g/mol. The van der Waals surface area contributed by atoms with Crippen molar-refractivity contribution in [1.82, 2.24) is 26.0 Å². The summed E-state index contributed by atoms with van der Waals surface area (Å²) in [5.74, 6) is 0. The van der Waals surface area contributed by atoms with Crippen molar-refractivity contribution in [3.63, 3.8) is 0 Å². The van der Waals surface area contributed by atoms with Gasteiger partial charge < -0.3 is 0 Å². The highest BCUT2D eigenvalue weighted by molar-refractivity contribution is 5.38. The molecule has 0 aliphatic rings. The third-order valence-corrected chi connectivity index (χ3v) is 1.10. The van der Waals surface area contributed by atoms with Crippen LogP contribution in [-0.2, 0) is 0 Å². The molecule has 0 atom stereocenters. The van der Waals surface area contributed by atoms with Crippen molar-refractivity contribution in [3.8, 4) is 0 Å². The van der Waals surface area contributed by atoms with Crippen molar-refractivity contribution >= 4 is 5.52 Å². The van der Waals surface area contributed by atoms with Gasteiger partial charge in [0.2, 0.25) is 0 Å². The van der Waals surface area contributed by atoms with Gasteiger partial charge in [0, 0.05) is 18.5 Å². The predicted octanol–water partition coefficient (Wildman–Crippen LogP) is -0.356. The minimum atomic E-state index is 0. The molecule has 5 heteroatoms. The average molecular weight is 134 g/mol. The van der Waals surface area contributed by atoms with E-state index in [2.05, 4.69) is 15.3 Å². The van der Waals surface area contributed by atoms with Gasteiger partial charge in [0.05, 0.1) is 12.4 Å². The summed E-state index contributed by atoms with van der Waals surface area (Å²) in [5, 5.41) is 7.42. The topological polar surface area (TPSA) is 73.6 Å². The van der Waals surface area contributed by atoms with E-state index in [-0.39, 0.29) is 6.15 Å². The zero-order chi connectivity index (χ0) is 6.10. The number of fused-ring (bicyclic) bond motifs is 1. The largest absolute Gasteiger partial charge is 0.261 e. The summed E-state index contributed by atoms with van der Waals surface area (Å²) in [6.07, 6.45) is 6.79. The molecule has 2 rings (SSSR count). The van der Waals surface area contributed by atoms with Gasteiger partial charge in [-0.05, 0) is 0 Å². The normalized spacial score (nSPS) is 9.20. The van der Waals surface area contributed by atoms with Crippen LogP contribution in [0.3, 0.4) is 0 Å². The van der Waals surface area contributed by atoms with Crippen LogP contribution in [0.1, 0.15) is 0 Å². The predicted molar refractivity (Wildman–Crippen MR) is 32.9 cm³/mol. The van der Waals surface area contributed by atoms with Crippen LogP contribution in [0.4, 0.5) is 0 Å². The molecule has 0 aromatic carbocycles. The van der Waals surface area contributed by atoms with Gasteiger partial charge in [0.15, 0.2) is 0 Å². The van der Waals surface area contributed by atoms with Gasteiger partial charge in [0.1, 0.15) is 5.52 Å². The molecule has 2 aromatic heterocycles. The van der Waals surface area contributed by atoms with E-state index in [1.807, 2.05) is 0 Å². The lowest BCUT2D eigenvalue weighted by Gasteiger charge is -1.83. The molecule has 2 aromatic rings. The Morgan fingerprint density at radius 1 is 1.30 bits per heavy atom. The fourth-order valence-electron chi connectivity index (χ4n) is 0.681. The quantitative estimate of drug-likeness (QED) is 0.494. The Morgan fingerprint density at radius 3 is 3.00 bits per heavy atom. The fraction of sp³-hybridized carbons (Fsp3) is 0. The van der Waals surface area contributed by atoms with E-state index >= 15 is 0 Å². The first-order valence-corrected chi connectivity index (χ1v) is 2.57. The first-order valence-electron chi connectivity index (χ1n) is 2.57. The number of aromatic nitrogens is 4. The van der Waals surface area contributed by atoms with Crippen LogP contribution in [0, 0.1) is 0 Å². The molecule has 5 nitrogen and oxygen atoms in total. The fourth-order valence-corrected chi connectivity index (χ4v) is 0.681. The van der Waals surface area contributed by atoms with Gasteiger partial charge in [-0.25, -0.2) is 4.52 Å². The van der Waals surface area contributed by atoms with Crippen LogP contribution in [0.5, 0.6) is 0 Å². The zero-order valence-corrected chi connectivity index (χ0v) is 5.05. The third kappa shape index (κ3) is 0.822. The Kier molecular flexibility index (Phi) is 1.59. The second-order valence-electron chi connectivity index (χ2n) is 1.68. The summed E-state index contributed by atoms with van der Waals surface area (Å²) in [5.41, 5.74) is 0.914. The Morgan fingerprint density at radius 2 is 2.20 bits per heavy atom. The Hall–Kier alpha value is -1.49. The lowest BCUT2D eigenvalue weighted by atomic mass is 10.6. The van der Waals surface area contributed by atoms with Crippen molar-refractivity contribution in [2.24, 2.45) is 0 Å². The maximum absolute atomic E-state index is 3.88. The minimum absolute atomic E-state index is 0. The lowest BCUT2D eigenvalue weighted by molar-refractivity contribution is 0.849. The molecular formula is C5H4N5. The maximum Gasteiger partial charge on any atom is 0.105 e. The Balaban J connectivity index is 0.000000500. The molecule has 0 saturated heterocycles. The van der Waals surface area contributed by atoms with Gasteiger partial charge >= 0.3 is 0 Å². The maximum atomic E-state index is 3.88. The third-order valence-electron chi connectivity index (χ3n) is 1.10. The molecule has 0 spiro atoms. The van der Waals surface area contributed by atoms with E-state index < -0.39 is 0 Å². The molecule has 0 unspecified atom stereocenters. The second kappa shape index (κ2) is 2.40. The Labute approximate surface area is 57.3 Å². The van der Waals surface area contributed by atoms with Crippen LogP contribution in [-0.4, -0.2) is 19.8 Å². The van der Waals surface area contributed by atoms with Crippen LogP contribution in [0.15, 0.2) is 24.8 Å². The molecule has 0 bridgehead atoms. The molecule has 0 fully saturated rings. The van der Waals surface area contributed by atoms with E-state index in [9.17, 15) is 0 Å².